The number of rotatable bonds is 1. The minimum absolute atomic E-state index is 0.00231. The predicted molar refractivity (Wildman–Crippen MR) is 47.0 cm³/mol. The van der Waals surface area contributed by atoms with E-state index in [9.17, 15) is 8.78 Å². The summed E-state index contributed by atoms with van der Waals surface area (Å²) in [6, 6.07) is -0.0727. The van der Waals surface area contributed by atoms with Crippen molar-refractivity contribution in [1.29, 1.82) is 0 Å². The molecule has 2 unspecified atom stereocenters. The van der Waals surface area contributed by atoms with Crippen molar-refractivity contribution in [2.24, 2.45) is 4.99 Å². The van der Waals surface area contributed by atoms with Gasteiger partial charge in [0, 0.05) is 5.57 Å². The quantitative estimate of drug-likeness (QED) is 0.656. The Kier molecular flexibility index (Phi) is 1.90. The lowest BCUT2D eigenvalue weighted by Gasteiger charge is -2.17. The van der Waals surface area contributed by atoms with E-state index >= 15 is 0 Å². The fraction of sp³-hybridized carbons (Fsp3) is 0.444. The maximum absolute atomic E-state index is 12.3. The SMILES string of the molecule is CC1=NC2C=CC(C(F)F)=CC2N1. The summed E-state index contributed by atoms with van der Waals surface area (Å²) in [6.07, 6.45) is 2.33. The Morgan fingerprint density at radius 3 is 3.00 bits per heavy atom. The predicted octanol–water partition coefficient (Wildman–Crippen LogP) is 1.51. The summed E-state index contributed by atoms with van der Waals surface area (Å²) in [5.74, 6) is 0.811. The topological polar surface area (TPSA) is 24.4 Å². The average molecular weight is 184 g/mol. The summed E-state index contributed by atoms with van der Waals surface area (Å²) in [5.41, 5.74) is 0.0821. The Balaban J connectivity index is 2.18. The van der Waals surface area contributed by atoms with Gasteiger partial charge >= 0.3 is 0 Å². The third-order valence-corrected chi connectivity index (χ3v) is 2.20. The smallest absolute Gasteiger partial charge is 0.263 e. The monoisotopic (exact) mass is 184 g/mol. The third-order valence-electron chi connectivity index (χ3n) is 2.20. The van der Waals surface area contributed by atoms with Crippen LogP contribution in [0.15, 0.2) is 28.8 Å². The maximum atomic E-state index is 12.3. The highest BCUT2D eigenvalue weighted by Gasteiger charge is 2.27. The second-order valence-electron chi connectivity index (χ2n) is 3.20. The number of nitrogens with one attached hydrogen (secondary N) is 1. The number of halogens is 2. The number of allylic oxidation sites excluding steroid dienone is 2. The van der Waals surface area contributed by atoms with Crippen LogP contribution in [0, 0.1) is 0 Å². The highest BCUT2D eigenvalue weighted by atomic mass is 19.3. The number of nitrogens with zero attached hydrogens (tertiary/aromatic N) is 1. The van der Waals surface area contributed by atoms with Crippen LogP contribution in [0.3, 0.4) is 0 Å². The number of hydrogen-bond donors (Lipinski definition) is 1. The van der Waals surface area contributed by atoms with Crippen LogP contribution in [0.1, 0.15) is 6.92 Å². The molecule has 0 bridgehead atoms. The Hall–Kier alpha value is -1.19. The molecule has 1 aliphatic heterocycles. The van der Waals surface area contributed by atoms with E-state index in [0.29, 0.717) is 0 Å². The number of alkyl halides is 2. The molecule has 4 heteroatoms. The van der Waals surface area contributed by atoms with E-state index in [2.05, 4.69) is 10.3 Å². The lowest BCUT2D eigenvalue weighted by atomic mass is 10.00. The molecule has 1 heterocycles. The van der Waals surface area contributed by atoms with Gasteiger partial charge in [0.15, 0.2) is 0 Å². The fourth-order valence-corrected chi connectivity index (χ4v) is 1.59. The number of amidine groups is 1. The van der Waals surface area contributed by atoms with Gasteiger partial charge in [0.05, 0.1) is 17.9 Å². The molecule has 0 radical (unpaired) electrons. The lowest BCUT2D eigenvalue weighted by molar-refractivity contribution is 0.193. The zero-order valence-corrected chi connectivity index (χ0v) is 7.17. The van der Waals surface area contributed by atoms with Crippen LogP contribution >= 0.6 is 0 Å². The molecule has 0 amide bonds. The Bertz CT molecular complexity index is 305. The van der Waals surface area contributed by atoms with Gasteiger partial charge in [-0.15, -0.1) is 0 Å². The fourth-order valence-electron chi connectivity index (χ4n) is 1.59. The average Bonchev–Trinajstić information content (AvgIpc) is 2.42. The molecule has 0 aromatic rings. The van der Waals surface area contributed by atoms with Crippen LogP contribution in [0.25, 0.3) is 0 Å². The number of fused-ring (bicyclic) bond motifs is 1. The minimum Gasteiger partial charge on any atom is -0.365 e. The van der Waals surface area contributed by atoms with Crippen molar-refractivity contribution in [1.82, 2.24) is 5.32 Å². The van der Waals surface area contributed by atoms with Gasteiger partial charge in [0.2, 0.25) is 0 Å². The van der Waals surface area contributed by atoms with Gasteiger partial charge in [0.1, 0.15) is 0 Å². The zero-order chi connectivity index (χ0) is 9.42. The standard InChI is InChI=1S/C9H10F2N2/c1-5-12-7-3-2-6(9(10)11)4-8(7)13-5/h2-4,7-9H,1H3,(H,12,13). The maximum Gasteiger partial charge on any atom is 0.263 e. The van der Waals surface area contributed by atoms with Gasteiger partial charge in [-0.25, -0.2) is 8.78 Å². The zero-order valence-electron chi connectivity index (χ0n) is 7.17. The highest BCUT2D eigenvalue weighted by molar-refractivity contribution is 5.82. The molecule has 1 N–H and O–H groups in total. The molecule has 0 saturated carbocycles. The van der Waals surface area contributed by atoms with Crippen molar-refractivity contribution in [3.8, 4) is 0 Å². The largest absolute Gasteiger partial charge is 0.365 e. The van der Waals surface area contributed by atoms with E-state index in [1.165, 1.54) is 6.08 Å². The molecule has 2 atom stereocenters. The summed E-state index contributed by atoms with van der Waals surface area (Å²) in [5, 5.41) is 3.03. The van der Waals surface area contributed by atoms with Crippen molar-refractivity contribution < 1.29 is 8.78 Å². The molecule has 2 rings (SSSR count). The van der Waals surface area contributed by atoms with Crippen molar-refractivity contribution in [2.75, 3.05) is 0 Å². The molecule has 13 heavy (non-hydrogen) atoms. The Morgan fingerprint density at radius 2 is 2.31 bits per heavy atom. The molecular weight excluding hydrogens is 174 g/mol. The summed E-state index contributed by atoms with van der Waals surface area (Å²) in [6.45, 7) is 1.84. The van der Waals surface area contributed by atoms with Gasteiger partial charge < -0.3 is 5.32 Å². The molecule has 2 aliphatic rings. The summed E-state index contributed by atoms with van der Waals surface area (Å²) in [4.78, 5) is 4.23. The Labute approximate surface area is 75.0 Å². The number of aliphatic imine (C=N–C) groups is 1. The van der Waals surface area contributed by atoms with Crippen LogP contribution in [0.2, 0.25) is 0 Å². The second kappa shape index (κ2) is 2.94. The molecule has 0 aromatic carbocycles. The van der Waals surface area contributed by atoms with Gasteiger partial charge in [-0.2, -0.15) is 0 Å². The van der Waals surface area contributed by atoms with E-state index in [0.717, 1.165) is 5.84 Å². The first-order chi connectivity index (χ1) is 6.16. The molecule has 1 aliphatic carbocycles. The molecule has 0 saturated heterocycles. The first kappa shape index (κ1) is 8.41. The molecule has 0 fully saturated rings. The minimum atomic E-state index is -2.39. The molecular formula is C9H10F2N2. The van der Waals surface area contributed by atoms with Crippen LogP contribution < -0.4 is 5.32 Å². The normalized spacial score (nSPS) is 31.1. The van der Waals surface area contributed by atoms with Crippen LogP contribution in [-0.4, -0.2) is 24.3 Å². The van der Waals surface area contributed by atoms with Gasteiger partial charge in [-0.3, -0.25) is 4.99 Å². The third kappa shape index (κ3) is 1.48. The molecule has 70 valence electrons. The lowest BCUT2D eigenvalue weighted by Crippen LogP contribution is -2.33. The van der Waals surface area contributed by atoms with E-state index in [-0.39, 0.29) is 17.7 Å². The van der Waals surface area contributed by atoms with Crippen LogP contribution in [0.4, 0.5) is 8.78 Å². The highest BCUT2D eigenvalue weighted by Crippen LogP contribution is 2.21. The van der Waals surface area contributed by atoms with Crippen LogP contribution in [0.5, 0.6) is 0 Å². The Morgan fingerprint density at radius 1 is 1.54 bits per heavy atom. The van der Waals surface area contributed by atoms with Crippen molar-refractivity contribution in [3.05, 3.63) is 23.8 Å². The number of hydrogen-bond acceptors (Lipinski definition) is 2. The summed E-state index contributed by atoms with van der Waals surface area (Å²) in [7, 11) is 0. The van der Waals surface area contributed by atoms with Crippen molar-refractivity contribution in [2.45, 2.75) is 25.4 Å². The van der Waals surface area contributed by atoms with Gasteiger partial charge in [-0.05, 0) is 6.92 Å². The van der Waals surface area contributed by atoms with E-state index in [1.807, 2.05) is 6.92 Å². The first-order valence-corrected chi connectivity index (χ1v) is 4.16. The van der Waals surface area contributed by atoms with E-state index < -0.39 is 6.43 Å². The van der Waals surface area contributed by atoms with E-state index in [1.54, 1.807) is 12.2 Å². The molecule has 0 aromatic heterocycles. The summed E-state index contributed by atoms with van der Waals surface area (Å²) >= 11 is 0. The first-order valence-electron chi connectivity index (χ1n) is 4.16. The molecule has 0 spiro atoms. The van der Waals surface area contributed by atoms with Gasteiger partial charge in [-0.1, -0.05) is 18.2 Å². The summed E-state index contributed by atoms with van der Waals surface area (Å²) < 4.78 is 24.6. The van der Waals surface area contributed by atoms with Crippen molar-refractivity contribution in [3.63, 3.8) is 0 Å². The second-order valence-corrected chi connectivity index (χ2v) is 3.20. The van der Waals surface area contributed by atoms with Crippen LogP contribution in [-0.2, 0) is 0 Å². The van der Waals surface area contributed by atoms with Gasteiger partial charge in [0.25, 0.3) is 6.43 Å². The van der Waals surface area contributed by atoms with Crippen molar-refractivity contribution >= 4 is 5.84 Å². The molecule has 2 nitrogen and oxygen atoms in total. The van der Waals surface area contributed by atoms with E-state index in [4.69, 9.17) is 0 Å².